The molecular weight excluding hydrogens is 308 g/mol. The Morgan fingerprint density at radius 2 is 1.71 bits per heavy atom. The van der Waals surface area contributed by atoms with E-state index in [9.17, 15) is 25.2 Å². The maximum absolute atomic E-state index is 11.8. The zero-order chi connectivity index (χ0) is 17.5. The van der Waals surface area contributed by atoms with E-state index in [1.165, 1.54) is 24.3 Å². The Labute approximate surface area is 140 Å². The van der Waals surface area contributed by atoms with Crippen LogP contribution in [0.15, 0.2) is 48.5 Å². The first-order chi connectivity index (χ1) is 11.4. The molecule has 0 aliphatic rings. The lowest BCUT2D eigenvalue weighted by molar-refractivity contribution is -0.116. The van der Waals surface area contributed by atoms with Crippen LogP contribution in [-0.4, -0.2) is 32.3 Å². The maximum Gasteiger partial charge on any atom is 0.158 e. The van der Waals surface area contributed by atoms with Crippen molar-refractivity contribution in [2.75, 3.05) is 0 Å². The van der Waals surface area contributed by atoms with Crippen LogP contribution in [-0.2, 0) is 11.2 Å². The molecule has 0 fully saturated rings. The number of rotatable bonds is 7. The van der Waals surface area contributed by atoms with Crippen molar-refractivity contribution < 1.29 is 25.2 Å². The fourth-order valence-corrected chi connectivity index (χ4v) is 2.23. The van der Waals surface area contributed by atoms with Gasteiger partial charge in [0.05, 0.1) is 6.10 Å². The predicted molar refractivity (Wildman–Crippen MR) is 90.9 cm³/mol. The van der Waals surface area contributed by atoms with Crippen molar-refractivity contribution in [3.8, 4) is 17.2 Å². The molecule has 5 nitrogen and oxygen atoms in total. The van der Waals surface area contributed by atoms with Gasteiger partial charge in [-0.3, -0.25) is 4.79 Å². The highest BCUT2D eigenvalue weighted by Gasteiger charge is 2.09. The van der Waals surface area contributed by atoms with Crippen LogP contribution in [0.4, 0.5) is 0 Å². The topological polar surface area (TPSA) is 98.0 Å². The zero-order valence-corrected chi connectivity index (χ0v) is 13.1. The molecule has 5 heteroatoms. The van der Waals surface area contributed by atoms with E-state index in [0.29, 0.717) is 18.4 Å². The molecule has 2 rings (SSSR count). The van der Waals surface area contributed by atoms with E-state index in [-0.39, 0.29) is 29.5 Å². The minimum atomic E-state index is -0.746. The number of aliphatic hydroxyl groups excluding tert-OH is 1. The number of carbonyl (C=O) groups is 1. The van der Waals surface area contributed by atoms with E-state index in [4.69, 9.17) is 0 Å². The van der Waals surface area contributed by atoms with Crippen molar-refractivity contribution in [2.45, 2.75) is 25.4 Å². The molecule has 0 amide bonds. The molecule has 0 heterocycles. The number of benzene rings is 2. The van der Waals surface area contributed by atoms with Crippen LogP contribution < -0.4 is 0 Å². The fourth-order valence-electron chi connectivity index (χ4n) is 2.23. The van der Waals surface area contributed by atoms with E-state index in [1.54, 1.807) is 30.3 Å². The van der Waals surface area contributed by atoms with Gasteiger partial charge in [0.1, 0.15) is 5.75 Å². The first-order valence-electron chi connectivity index (χ1n) is 7.63. The third-order valence-electron chi connectivity index (χ3n) is 3.60. The Kier molecular flexibility index (Phi) is 5.98. The van der Waals surface area contributed by atoms with Gasteiger partial charge in [0.25, 0.3) is 0 Å². The minimum absolute atomic E-state index is 0.0125. The summed E-state index contributed by atoms with van der Waals surface area (Å²) in [5.74, 6) is -0.498. The molecule has 4 N–H and O–H groups in total. The average molecular weight is 328 g/mol. The summed E-state index contributed by atoms with van der Waals surface area (Å²) in [6.07, 6.45) is 3.20. The van der Waals surface area contributed by atoms with Crippen molar-refractivity contribution in [1.82, 2.24) is 0 Å². The molecule has 2 aromatic carbocycles. The highest BCUT2D eigenvalue weighted by Crippen LogP contribution is 2.25. The fraction of sp³-hybridized carbons (Fsp3) is 0.211. The number of hydrogen-bond donors (Lipinski definition) is 4. The Morgan fingerprint density at radius 3 is 2.38 bits per heavy atom. The van der Waals surface area contributed by atoms with Gasteiger partial charge < -0.3 is 20.4 Å². The number of phenolic OH excluding ortho intramolecular Hbond substituents is 3. The molecule has 126 valence electrons. The standard InChI is InChI=1S/C19H20O5/c20-15-6-1-13(2-7-15)3-8-16(21)12-17(22)9-4-14-5-10-18(23)19(24)11-14/h1-2,4-7,9-11,16,20-21,23-24H,3,8,12H2/b9-4+/t16-/m0/s1. The van der Waals surface area contributed by atoms with Crippen LogP contribution in [0, 0.1) is 0 Å². The van der Waals surface area contributed by atoms with Gasteiger partial charge in [0.2, 0.25) is 0 Å². The van der Waals surface area contributed by atoms with Gasteiger partial charge in [-0.25, -0.2) is 0 Å². The van der Waals surface area contributed by atoms with Crippen LogP contribution in [0.5, 0.6) is 17.2 Å². The van der Waals surface area contributed by atoms with Crippen LogP contribution in [0.25, 0.3) is 6.08 Å². The summed E-state index contributed by atoms with van der Waals surface area (Å²) in [6.45, 7) is 0. The van der Waals surface area contributed by atoms with Gasteiger partial charge in [-0.15, -0.1) is 0 Å². The Balaban J connectivity index is 1.81. The largest absolute Gasteiger partial charge is 0.508 e. The van der Waals surface area contributed by atoms with Gasteiger partial charge in [0.15, 0.2) is 17.3 Å². The van der Waals surface area contributed by atoms with Gasteiger partial charge >= 0.3 is 0 Å². The smallest absolute Gasteiger partial charge is 0.158 e. The van der Waals surface area contributed by atoms with Gasteiger partial charge in [-0.2, -0.15) is 0 Å². The lowest BCUT2D eigenvalue weighted by Gasteiger charge is -2.08. The molecule has 0 spiro atoms. The van der Waals surface area contributed by atoms with Crippen molar-refractivity contribution in [3.05, 3.63) is 59.7 Å². The molecule has 24 heavy (non-hydrogen) atoms. The summed E-state index contributed by atoms with van der Waals surface area (Å²) in [5, 5.41) is 37.7. The number of aryl methyl sites for hydroxylation is 1. The van der Waals surface area contributed by atoms with E-state index in [0.717, 1.165) is 5.56 Å². The van der Waals surface area contributed by atoms with Crippen LogP contribution in [0.3, 0.4) is 0 Å². The summed E-state index contributed by atoms with van der Waals surface area (Å²) in [5.41, 5.74) is 1.56. The number of hydrogen-bond acceptors (Lipinski definition) is 5. The predicted octanol–water partition coefficient (Wildman–Crippen LogP) is 2.77. The van der Waals surface area contributed by atoms with Crippen LogP contribution in [0.1, 0.15) is 24.0 Å². The van der Waals surface area contributed by atoms with E-state index in [2.05, 4.69) is 0 Å². The minimum Gasteiger partial charge on any atom is -0.508 e. The summed E-state index contributed by atoms with van der Waals surface area (Å²) in [4.78, 5) is 11.8. The van der Waals surface area contributed by atoms with Crippen LogP contribution >= 0.6 is 0 Å². The van der Waals surface area contributed by atoms with Crippen LogP contribution in [0.2, 0.25) is 0 Å². The molecule has 0 radical (unpaired) electrons. The highest BCUT2D eigenvalue weighted by atomic mass is 16.3. The summed E-state index contributed by atoms with van der Waals surface area (Å²) in [7, 11) is 0. The summed E-state index contributed by atoms with van der Waals surface area (Å²) >= 11 is 0. The van der Waals surface area contributed by atoms with Crippen molar-refractivity contribution >= 4 is 11.9 Å². The van der Waals surface area contributed by atoms with Crippen molar-refractivity contribution in [3.63, 3.8) is 0 Å². The second kappa shape index (κ2) is 8.17. The quantitative estimate of drug-likeness (QED) is 0.463. The highest BCUT2D eigenvalue weighted by molar-refractivity contribution is 5.93. The SMILES string of the molecule is O=C(/C=C/c1ccc(O)c(O)c1)C[C@@H](O)CCc1ccc(O)cc1. The summed E-state index contributed by atoms with van der Waals surface area (Å²) in [6, 6.07) is 11.0. The first kappa shape index (κ1) is 17.6. The number of carbonyl (C=O) groups excluding carboxylic acids is 1. The van der Waals surface area contributed by atoms with Gasteiger partial charge in [-0.05, 0) is 54.3 Å². The van der Waals surface area contributed by atoms with E-state index < -0.39 is 6.10 Å². The normalized spacial score (nSPS) is 12.4. The van der Waals surface area contributed by atoms with Crippen molar-refractivity contribution in [1.29, 1.82) is 0 Å². The second-order valence-corrected chi connectivity index (χ2v) is 5.61. The average Bonchev–Trinajstić information content (AvgIpc) is 2.55. The number of aromatic hydroxyl groups is 3. The molecule has 0 aliphatic carbocycles. The van der Waals surface area contributed by atoms with Gasteiger partial charge in [-0.1, -0.05) is 24.3 Å². The Morgan fingerprint density at radius 1 is 1.00 bits per heavy atom. The van der Waals surface area contributed by atoms with E-state index >= 15 is 0 Å². The number of ketones is 1. The first-order valence-corrected chi connectivity index (χ1v) is 7.63. The lowest BCUT2D eigenvalue weighted by atomic mass is 10.0. The van der Waals surface area contributed by atoms with Crippen molar-refractivity contribution in [2.24, 2.45) is 0 Å². The van der Waals surface area contributed by atoms with E-state index in [1.807, 2.05) is 0 Å². The number of aliphatic hydroxyl groups is 1. The molecule has 0 saturated heterocycles. The molecule has 0 bridgehead atoms. The lowest BCUT2D eigenvalue weighted by Crippen LogP contribution is -2.12. The molecule has 0 saturated carbocycles. The third kappa shape index (κ3) is 5.44. The second-order valence-electron chi connectivity index (χ2n) is 5.61. The molecule has 0 unspecified atom stereocenters. The summed E-state index contributed by atoms with van der Waals surface area (Å²) < 4.78 is 0. The molecule has 0 aromatic heterocycles. The number of allylic oxidation sites excluding steroid dienone is 1. The monoisotopic (exact) mass is 328 g/mol. The zero-order valence-electron chi connectivity index (χ0n) is 13.1. The van der Waals surface area contributed by atoms with Gasteiger partial charge in [0, 0.05) is 6.42 Å². The molecule has 0 aliphatic heterocycles. The number of phenols is 3. The maximum atomic E-state index is 11.8. The third-order valence-corrected chi connectivity index (χ3v) is 3.60. The Bertz CT molecular complexity index is 719. The molecular formula is C19H20O5. The molecule has 2 aromatic rings. The Hall–Kier alpha value is -2.79. The molecule has 1 atom stereocenters.